The van der Waals surface area contributed by atoms with Crippen molar-refractivity contribution in [3.63, 3.8) is 0 Å². The predicted molar refractivity (Wildman–Crippen MR) is 68.2 cm³/mol. The van der Waals surface area contributed by atoms with Gasteiger partial charge in [0, 0.05) is 5.69 Å². The SMILES string of the molecule is Nc1ccc(F)c(-c2nnnn2CC2COCCO2)c1. The van der Waals surface area contributed by atoms with Crippen molar-refractivity contribution in [2.45, 2.75) is 12.6 Å². The van der Waals surface area contributed by atoms with Crippen molar-refractivity contribution < 1.29 is 13.9 Å². The zero-order chi connectivity index (χ0) is 13.9. The van der Waals surface area contributed by atoms with E-state index in [2.05, 4.69) is 15.5 Å². The second-order valence-electron chi connectivity index (χ2n) is 4.49. The number of tetrazole rings is 1. The fourth-order valence-corrected chi connectivity index (χ4v) is 2.07. The molecule has 2 N–H and O–H groups in total. The van der Waals surface area contributed by atoms with Gasteiger partial charge in [0.15, 0.2) is 5.82 Å². The number of ether oxygens (including phenoxy) is 2. The van der Waals surface area contributed by atoms with E-state index in [1.54, 1.807) is 0 Å². The Morgan fingerprint density at radius 3 is 3.10 bits per heavy atom. The van der Waals surface area contributed by atoms with Crippen LogP contribution < -0.4 is 5.73 Å². The van der Waals surface area contributed by atoms with Crippen LogP contribution in [0.3, 0.4) is 0 Å². The van der Waals surface area contributed by atoms with Crippen molar-refractivity contribution >= 4 is 5.69 Å². The van der Waals surface area contributed by atoms with Crippen LogP contribution in [0, 0.1) is 5.82 Å². The highest BCUT2D eigenvalue weighted by molar-refractivity contribution is 5.61. The molecule has 3 rings (SSSR count). The molecular weight excluding hydrogens is 265 g/mol. The van der Waals surface area contributed by atoms with Crippen LogP contribution in [0.1, 0.15) is 0 Å². The van der Waals surface area contributed by atoms with Gasteiger partial charge in [-0.1, -0.05) is 0 Å². The normalized spacial score (nSPS) is 19.1. The average molecular weight is 279 g/mol. The van der Waals surface area contributed by atoms with Gasteiger partial charge < -0.3 is 15.2 Å². The molecule has 1 unspecified atom stereocenters. The Bertz CT molecular complexity index is 597. The number of nitrogen functional groups attached to an aromatic ring is 1. The molecule has 0 bridgehead atoms. The molecule has 1 fully saturated rings. The lowest BCUT2D eigenvalue weighted by atomic mass is 10.1. The zero-order valence-corrected chi connectivity index (χ0v) is 10.7. The summed E-state index contributed by atoms with van der Waals surface area (Å²) in [6, 6.07) is 4.30. The largest absolute Gasteiger partial charge is 0.399 e. The Balaban J connectivity index is 1.87. The number of aromatic nitrogens is 4. The third-order valence-corrected chi connectivity index (χ3v) is 3.02. The Kier molecular flexibility index (Phi) is 3.57. The fourth-order valence-electron chi connectivity index (χ4n) is 2.07. The highest BCUT2D eigenvalue weighted by Gasteiger charge is 2.20. The van der Waals surface area contributed by atoms with Crippen molar-refractivity contribution in [3.8, 4) is 11.4 Å². The van der Waals surface area contributed by atoms with Gasteiger partial charge in [0.25, 0.3) is 0 Å². The minimum atomic E-state index is -0.420. The number of hydrogen-bond donors (Lipinski definition) is 1. The van der Waals surface area contributed by atoms with Gasteiger partial charge >= 0.3 is 0 Å². The maximum atomic E-state index is 13.9. The molecule has 0 amide bonds. The second kappa shape index (κ2) is 5.51. The molecule has 2 aromatic rings. The first-order valence-electron chi connectivity index (χ1n) is 6.25. The molecule has 1 atom stereocenters. The van der Waals surface area contributed by atoms with Crippen LogP contribution in [0.15, 0.2) is 18.2 Å². The lowest BCUT2D eigenvalue weighted by molar-refractivity contribution is -0.0946. The van der Waals surface area contributed by atoms with Gasteiger partial charge in [0.1, 0.15) is 11.9 Å². The molecule has 0 spiro atoms. The van der Waals surface area contributed by atoms with E-state index >= 15 is 0 Å². The molecule has 0 aliphatic carbocycles. The molecule has 0 saturated carbocycles. The van der Waals surface area contributed by atoms with E-state index in [1.807, 2.05) is 0 Å². The van der Waals surface area contributed by atoms with Crippen LogP contribution in [-0.2, 0) is 16.0 Å². The van der Waals surface area contributed by atoms with Crippen LogP contribution in [0.2, 0.25) is 0 Å². The first kappa shape index (κ1) is 12.9. The molecule has 1 aromatic carbocycles. The van der Waals surface area contributed by atoms with E-state index in [1.165, 1.54) is 22.9 Å². The fraction of sp³-hybridized carbons (Fsp3) is 0.417. The smallest absolute Gasteiger partial charge is 0.185 e. The highest BCUT2D eigenvalue weighted by Crippen LogP contribution is 2.23. The van der Waals surface area contributed by atoms with Gasteiger partial charge in [-0.25, -0.2) is 9.07 Å². The molecule has 8 heteroatoms. The standard InChI is InChI=1S/C12H14FN5O2/c13-11-2-1-8(14)5-10(11)12-15-16-17-18(12)6-9-7-19-3-4-20-9/h1-2,5,9H,3-4,6-7,14H2. The summed E-state index contributed by atoms with van der Waals surface area (Å²) in [5, 5.41) is 11.3. The molecule has 0 radical (unpaired) electrons. The third kappa shape index (κ3) is 2.61. The summed E-state index contributed by atoms with van der Waals surface area (Å²) in [6.07, 6.45) is -0.143. The van der Waals surface area contributed by atoms with Gasteiger partial charge in [-0.05, 0) is 28.6 Å². The number of hydrogen-bond acceptors (Lipinski definition) is 6. The molecule has 20 heavy (non-hydrogen) atoms. The van der Waals surface area contributed by atoms with Crippen LogP contribution >= 0.6 is 0 Å². The van der Waals surface area contributed by atoms with Gasteiger partial charge in [-0.3, -0.25) is 0 Å². The number of rotatable bonds is 3. The van der Waals surface area contributed by atoms with E-state index in [-0.39, 0.29) is 11.7 Å². The molecule has 2 heterocycles. The van der Waals surface area contributed by atoms with E-state index in [0.29, 0.717) is 37.9 Å². The number of benzene rings is 1. The number of nitrogens with zero attached hydrogens (tertiary/aromatic N) is 4. The van der Waals surface area contributed by atoms with E-state index in [0.717, 1.165) is 0 Å². The summed E-state index contributed by atoms with van der Waals surface area (Å²) in [6.45, 7) is 1.99. The molecule has 7 nitrogen and oxygen atoms in total. The third-order valence-electron chi connectivity index (χ3n) is 3.02. The summed E-state index contributed by atoms with van der Waals surface area (Å²) in [5.41, 5.74) is 6.40. The van der Waals surface area contributed by atoms with E-state index in [4.69, 9.17) is 15.2 Å². The highest BCUT2D eigenvalue weighted by atomic mass is 19.1. The van der Waals surface area contributed by atoms with Crippen LogP contribution in [-0.4, -0.2) is 46.1 Å². The average Bonchev–Trinajstić information content (AvgIpc) is 2.91. The summed E-state index contributed by atoms with van der Waals surface area (Å²) >= 11 is 0. The summed E-state index contributed by atoms with van der Waals surface area (Å²) < 4.78 is 26.2. The monoisotopic (exact) mass is 279 g/mol. The van der Waals surface area contributed by atoms with Crippen molar-refractivity contribution in [3.05, 3.63) is 24.0 Å². The van der Waals surface area contributed by atoms with Crippen LogP contribution in [0.25, 0.3) is 11.4 Å². The Labute approximate surface area is 114 Å². The molecule has 1 saturated heterocycles. The summed E-state index contributed by atoms with van der Waals surface area (Å²) in [7, 11) is 0. The maximum Gasteiger partial charge on any atom is 0.185 e. The molecule has 1 aliphatic heterocycles. The van der Waals surface area contributed by atoms with Gasteiger partial charge in [0.2, 0.25) is 0 Å². The van der Waals surface area contributed by atoms with Crippen molar-refractivity contribution in [1.82, 2.24) is 20.2 Å². The van der Waals surface area contributed by atoms with Gasteiger partial charge in [-0.2, -0.15) is 0 Å². The summed E-state index contributed by atoms with van der Waals surface area (Å²) in [4.78, 5) is 0. The minimum Gasteiger partial charge on any atom is -0.399 e. The van der Waals surface area contributed by atoms with Gasteiger partial charge in [0.05, 0.1) is 31.9 Å². The Hall–Kier alpha value is -2.06. The van der Waals surface area contributed by atoms with E-state index < -0.39 is 5.82 Å². The number of halogens is 1. The molecule has 106 valence electrons. The number of anilines is 1. The lowest BCUT2D eigenvalue weighted by Crippen LogP contribution is -2.32. The topological polar surface area (TPSA) is 88.1 Å². The van der Waals surface area contributed by atoms with Gasteiger partial charge in [-0.15, -0.1) is 5.10 Å². The van der Waals surface area contributed by atoms with Crippen molar-refractivity contribution in [2.24, 2.45) is 0 Å². The quantitative estimate of drug-likeness (QED) is 0.822. The predicted octanol–water partition coefficient (Wildman–Crippen LogP) is 0.477. The van der Waals surface area contributed by atoms with Crippen LogP contribution in [0.5, 0.6) is 0 Å². The van der Waals surface area contributed by atoms with Crippen molar-refractivity contribution in [1.29, 1.82) is 0 Å². The van der Waals surface area contributed by atoms with E-state index in [9.17, 15) is 4.39 Å². The van der Waals surface area contributed by atoms with Crippen molar-refractivity contribution in [2.75, 3.05) is 25.6 Å². The minimum absolute atomic E-state index is 0.143. The van der Waals surface area contributed by atoms with Crippen LogP contribution in [0.4, 0.5) is 10.1 Å². The zero-order valence-electron chi connectivity index (χ0n) is 10.7. The Morgan fingerprint density at radius 1 is 1.40 bits per heavy atom. The maximum absolute atomic E-state index is 13.9. The lowest BCUT2D eigenvalue weighted by Gasteiger charge is -2.22. The first-order chi connectivity index (χ1) is 9.74. The second-order valence-corrected chi connectivity index (χ2v) is 4.49. The summed E-state index contributed by atoms with van der Waals surface area (Å²) in [5.74, 6) is -0.0972. The Morgan fingerprint density at radius 2 is 2.30 bits per heavy atom. The molecular formula is C12H14FN5O2. The number of nitrogens with two attached hydrogens (primary N) is 1. The first-order valence-corrected chi connectivity index (χ1v) is 6.25. The molecule has 1 aliphatic rings. The molecule has 1 aromatic heterocycles.